The van der Waals surface area contributed by atoms with E-state index in [1.54, 1.807) is 0 Å². The van der Waals surface area contributed by atoms with Gasteiger partial charge in [-0.2, -0.15) is 0 Å². The van der Waals surface area contributed by atoms with Crippen LogP contribution in [-0.2, 0) is 0 Å². The van der Waals surface area contributed by atoms with Gasteiger partial charge in [0.1, 0.15) is 0 Å². The quantitative estimate of drug-likeness (QED) is 0.111. The van der Waals surface area contributed by atoms with Crippen LogP contribution in [0.1, 0.15) is 0 Å². The Morgan fingerprint density at radius 3 is 0.887 bits per heavy atom. The molecule has 17 aromatic rings. The minimum absolute atomic E-state index is 1.09. The second-order valence-electron chi connectivity index (χ2n) is 21.6. The molecule has 370 valence electrons. The van der Waals surface area contributed by atoms with E-state index in [9.17, 15) is 0 Å². The first-order valence-corrected chi connectivity index (χ1v) is 27.7. The fourth-order valence-corrected chi connectivity index (χ4v) is 13.6. The summed E-state index contributed by atoms with van der Waals surface area (Å²) >= 11 is 0. The van der Waals surface area contributed by atoms with Crippen LogP contribution >= 0.6 is 0 Å². The van der Waals surface area contributed by atoms with E-state index in [-0.39, 0.29) is 0 Å². The molecule has 0 aliphatic carbocycles. The molecule has 0 N–H and O–H groups in total. The highest BCUT2D eigenvalue weighted by Crippen LogP contribution is 2.52. The molecule has 0 unspecified atom stereocenters. The van der Waals surface area contributed by atoms with Crippen molar-refractivity contribution in [1.82, 2.24) is 0 Å². The fraction of sp³-hybridized carbons (Fsp3) is 0. The third-order valence-corrected chi connectivity index (χ3v) is 17.2. The van der Waals surface area contributed by atoms with Gasteiger partial charge in [-0.25, -0.2) is 0 Å². The topological polar surface area (TPSA) is 6.48 Å². The van der Waals surface area contributed by atoms with Crippen LogP contribution in [0, 0.1) is 0 Å². The standard InChI is InChI=1S/C78H48N2/c1-3-21-59(22-4-1)79(61-35-29-49-13-7-9-15-57(49)45-61)63-37-43-69-71(47-63)77(67-41-33-55-27-25-51-17-11-19-53-31-39-65(67)75(55)73(51)53)70-44-38-64(80(60-23-5-2-6-24-60)62-36-30-50-14-8-10-16-58(50)46-62)48-72(70)78(69)68-42-34-56-28-26-52-18-12-20-54-32-40-66(68)76(56)74(52)54/h1-48H. The summed E-state index contributed by atoms with van der Waals surface area (Å²) in [5.41, 5.74) is 11.4. The van der Waals surface area contributed by atoms with Gasteiger partial charge in [-0.05, 0) is 203 Å². The number of nitrogens with zero attached hydrogens (tertiary/aromatic N) is 2. The number of benzene rings is 17. The Bertz CT molecular complexity index is 4950. The lowest BCUT2D eigenvalue weighted by Crippen LogP contribution is -2.10. The molecular formula is C78H48N2. The SMILES string of the molecule is c1ccc(N(c2ccc3ccccc3c2)c2ccc3c(-c4ccc5ccc6cccc7ccc4c5c67)c4cc(N(c5ccccc5)c5ccc6ccccc6c5)ccc4c(-c4ccc5ccc6cccc7ccc4c5c67)c3c2)cc1. The summed E-state index contributed by atoms with van der Waals surface area (Å²) in [7, 11) is 0. The van der Waals surface area contributed by atoms with Gasteiger partial charge in [0.25, 0.3) is 0 Å². The molecule has 80 heavy (non-hydrogen) atoms. The van der Waals surface area contributed by atoms with Crippen LogP contribution < -0.4 is 9.80 Å². The molecule has 0 amide bonds. The zero-order valence-electron chi connectivity index (χ0n) is 43.6. The van der Waals surface area contributed by atoms with E-state index < -0.39 is 0 Å². The maximum atomic E-state index is 2.49. The van der Waals surface area contributed by atoms with Crippen molar-refractivity contribution < 1.29 is 0 Å². The van der Waals surface area contributed by atoms with Crippen LogP contribution in [-0.4, -0.2) is 0 Å². The van der Waals surface area contributed by atoms with Gasteiger partial charge in [0.15, 0.2) is 0 Å². The van der Waals surface area contributed by atoms with Crippen molar-refractivity contribution >= 4 is 142 Å². The lowest BCUT2D eigenvalue weighted by atomic mass is 9.81. The maximum Gasteiger partial charge on any atom is 0.0468 e. The van der Waals surface area contributed by atoms with Gasteiger partial charge in [0.2, 0.25) is 0 Å². The van der Waals surface area contributed by atoms with Crippen LogP contribution in [0.25, 0.3) is 130 Å². The van der Waals surface area contributed by atoms with Crippen molar-refractivity contribution in [3.8, 4) is 22.3 Å². The number of rotatable bonds is 8. The molecular weight excluding hydrogens is 965 g/mol. The second kappa shape index (κ2) is 17.5. The normalized spacial score (nSPS) is 12.0. The summed E-state index contributed by atoms with van der Waals surface area (Å²) in [4.78, 5) is 4.87. The molecule has 0 saturated heterocycles. The molecule has 17 rings (SSSR count). The van der Waals surface area contributed by atoms with Crippen molar-refractivity contribution in [3.63, 3.8) is 0 Å². The maximum absolute atomic E-state index is 2.49. The third-order valence-electron chi connectivity index (χ3n) is 17.2. The molecule has 17 aromatic carbocycles. The first kappa shape index (κ1) is 44.6. The number of hydrogen-bond donors (Lipinski definition) is 0. The minimum atomic E-state index is 1.09. The summed E-state index contributed by atoms with van der Waals surface area (Å²) in [6, 6.07) is 109. The van der Waals surface area contributed by atoms with Gasteiger partial charge in [0, 0.05) is 34.1 Å². The summed E-state index contributed by atoms with van der Waals surface area (Å²) in [5, 5.41) is 24.8. The van der Waals surface area contributed by atoms with Gasteiger partial charge in [0.05, 0.1) is 0 Å². The molecule has 0 atom stereocenters. The monoisotopic (exact) mass is 1010 g/mol. The molecule has 2 nitrogen and oxygen atoms in total. The fourth-order valence-electron chi connectivity index (χ4n) is 13.6. The zero-order valence-corrected chi connectivity index (χ0v) is 43.6. The van der Waals surface area contributed by atoms with E-state index in [4.69, 9.17) is 0 Å². The first-order chi connectivity index (χ1) is 39.7. The van der Waals surface area contributed by atoms with E-state index in [1.807, 2.05) is 0 Å². The second-order valence-corrected chi connectivity index (χ2v) is 21.6. The average Bonchev–Trinajstić information content (AvgIpc) is 3.62. The van der Waals surface area contributed by atoms with Gasteiger partial charge >= 0.3 is 0 Å². The Kier molecular flexibility index (Phi) is 9.75. The van der Waals surface area contributed by atoms with Crippen LogP contribution in [0.2, 0.25) is 0 Å². The predicted molar refractivity (Wildman–Crippen MR) is 344 cm³/mol. The van der Waals surface area contributed by atoms with Crippen molar-refractivity contribution in [2.24, 2.45) is 0 Å². The van der Waals surface area contributed by atoms with Gasteiger partial charge in [-0.1, -0.05) is 218 Å². The number of anilines is 6. The zero-order chi connectivity index (χ0) is 52.4. The first-order valence-electron chi connectivity index (χ1n) is 27.7. The van der Waals surface area contributed by atoms with Crippen LogP contribution in [0.5, 0.6) is 0 Å². The van der Waals surface area contributed by atoms with Crippen LogP contribution in [0.4, 0.5) is 34.1 Å². The Morgan fingerprint density at radius 2 is 0.463 bits per heavy atom. The Balaban J connectivity index is 1.03. The Hall–Kier alpha value is -10.5. The summed E-state index contributed by atoms with van der Waals surface area (Å²) in [6.07, 6.45) is 0. The molecule has 0 aliphatic rings. The molecule has 0 aromatic heterocycles. The van der Waals surface area contributed by atoms with Gasteiger partial charge < -0.3 is 9.80 Å². The molecule has 0 aliphatic heterocycles. The van der Waals surface area contributed by atoms with Crippen molar-refractivity contribution in [3.05, 3.63) is 291 Å². The number of hydrogen-bond acceptors (Lipinski definition) is 2. The molecule has 0 radical (unpaired) electrons. The highest BCUT2D eigenvalue weighted by molar-refractivity contribution is 6.32. The number of para-hydroxylation sites is 2. The van der Waals surface area contributed by atoms with E-state index in [0.29, 0.717) is 0 Å². The third kappa shape index (κ3) is 6.79. The van der Waals surface area contributed by atoms with Crippen molar-refractivity contribution in [1.29, 1.82) is 0 Å². The minimum Gasteiger partial charge on any atom is -0.310 e. The highest BCUT2D eigenvalue weighted by atomic mass is 15.1. The average molecular weight is 1010 g/mol. The van der Waals surface area contributed by atoms with Crippen LogP contribution in [0.3, 0.4) is 0 Å². The lowest BCUT2D eigenvalue weighted by Gasteiger charge is -2.29. The molecule has 2 heteroatoms. The summed E-state index contributed by atoms with van der Waals surface area (Å²) in [6.45, 7) is 0. The van der Waals surface area contributed by atoms with E-state index in [1.165, 1.54) is 130 Å². The van der Waals surface area contributed by atoms with Crippen molar-refractivity contribution in [2.75, 3.05) is 9.80 Å². The number of fused-ring (bicyclic) bond motifs is 4. The smallest absolute Gasteiger partial charge is 0.0468 e. The predicted octanol–water partition coefficient (Wildman–Crippen LogP) is 22.4. The molecule has 0 heterocycles. The Morgan fingerprint density at radius 1 is 0.163 bits per heavy atom. The summed E-state index contributed by atoms with van der Waals surface area (Å²) < 4.78 is 0. The van der Waals surface area contributed by atoms with Gasteiger partial charge in [-0.15, -0.1) is 0 Å². The highest BCUT2D eigenvalue weighted by Gasteiger charge is 2.25. The molecule has 0 spiro atoms. The molecule has 0 fully saturated rings. The van der Waals surface area contributed by atoms with E-state index in [2.05, 4.69) is 301 Å². The summed E-state index contributed by atoms with van der Waals surface area (Å²) in [5.74, 6) is 0. The van der Waals surface area contributed by atoms with Crippen molar-refractivity contribution in [2.45, 2.75) is 0 Å². The van der Waals surface area contributed by atoms with Crippen LogP contribution in [0.15, 0.2) is 291 Å². The Labute approximate surface area is 462 Å². The lowest BCUT2D eigenvalue weighted by molar-refractivity contribution is 1.29. The van der Waals surface area contributed by atoms with E-state index >= 15 is 0 Å². The molecule has 0 saturated carbocycles. The molecule has 0 bridgehead atoms. The van der Waals surface area contributed by atoms with E-state index in [0.717, 1.165) is 34.1 Å². The largest absolute Gasteiger partial charge is 0.310 e. The van der Waals surface area contributed by atoms with Gasteiger partial charge in [-0.3, -0.25) is 0 Å².